The van der Waals surface area contributed by atoms with Gasteiger partial charge in [0.1, 0.15) is 0 Å². The van der Waals surface area contributed by atoms with E-state index in [1.54, 1.807) is 19.4 Å². The van der Waals surface area contributed by atoms with E-state index in [0.29, 0.717) is 17.9 Å². The molecule has 1 radical (unpaired) electrons. The van der Waals surface area contributed by atoms with Gasteiger partial charge in [0.05, 0.1) is 7.11 Å². The largest absolute Gasteiger partial charge is 0.481 e. The predicted octanol–water partition coefficient (Wildman–Crippen LogP) is 4.86. The summed E-state index contributed by atoms with van der Waals surface area (Å²) in [6.07, 6.45) is 5.64. The van der Waals surface area contributed by atoms with Gasteiger partial charge in [0.25, 0.3) is 0 Å². The zero-order valence-corrected chi connectivity index (χ0v) is 14.8. The summed E-state index contributed by atoms with van der Waals surface area (Å²) in [5.41, 5.74) is 4.52. The molecule has 127 valence electrons. The molecule has 0 amide bonds. The van der Waals surface area contributed by atoms with E-state index in [2.05, 4.69) is 18.0 Å². The van der Waals surface area contributed by atoms with Gasteiger partial charge in [0, 0.05) is 23.7 Å². The standard InChI is InChI=1S/C21H19ClNO2/c1-14-16(8-7-15-5-3-4-6-19(15)22)11-18(12-20(14)24)17-9-10-21(25-2)23-13-17/h3-6,9-11,13H,1,7-8,12H2,2H3. The fourth-order valence-corrected chi connectivity index (χ4v) is 3.11. The SMILES string of the molecule is [CH2]C1=C(CCc2ccccc2Cl)C=C(c2ccc(OC)nc2)CC1=O. The number of carbonyl (C=O) groups is 1. The third-order valence-electron chi connectivity index (χ3n) is 4.36. The van der Waals surface area contributed by atoms with Gasteiger partial charge in [-0.05, 0) is 59.7 Å². The van der Waals surface area contributed by atoms with Crippen LogP contribution in [0.5, 0.6) is 5.88 Å². The molecule has 0 spiro atoms. The van der Waals surface area contributed by atoms with Crippen molar-refractivity contribution in [1.29, 1.82) is 0 Å². The molecule has 4 heteroatoms. The molecule has 0 N–H and O–H groups in total. The van der Waals surface area contributed by atoms with Gasteiger partial charge >= 0.3 is 0 Å². The third-order valence-corrected chi connectivity index (χ3v) is 4.73. The van der Waals surface area contributed by atoms with E-state index in [4.69, 9.17) is 16.3 Å². The average molecular weight is 353 g/mol. The topological polar surface area (TPSA) is 39.2 Å². The first-order chi connectivity index (χ1) is 12.1. The number of benzene rings is 1. The molecular weight excluding hydrogens is 334 g/mol. The number of aryl methyl sites for hydroxylation is 1. The molecular formula is C21H19ClNO2. The number of Topliss-reactive ketones (excluding diaryl/α,β-unsaturated/α-hetero) is 1. The van der Waals surface area contributed by atoms with Gasteiger partial charge in [-0.2, -0.15) is 0 Å². The molecule has 0 saturated carbocycles. The fourth-order valence-electron chi connectivity index (χ4n) is 2.88. The minimum atomic E-state index is 0.0578. The van der Waals surface area contributed by atoms with Crippen LogP contribution in [0, 0.1) is 6.92 Å². The Kier molecular flexibility index (Phi) is 5.34. The minimum absolute atomic E-state index is 0.0578. The summed E-state index contributed by atoms with van der Waals surface area (Å²) < 4.78 is 5.09. The van der Waals surface area contributed by atoms with Crippen molar-refractivity contribution in [3.8, 4) is 5.88 Å². The second kappa shape index (κ2) is 7.66. The smallest absolute Gasteiger partial charge is 0.212 e. The molecule has 0 fully saturated rings. The Hall–Kier alpha value is -2.39. The Labute approximate surface area is 153 Å². The molecule has 3 rings (SSSR count). The lowest BCUT2D eigenvalue weighted by Gasteiger charge is -2.18. The van der Waals surface area contributed by atoms with Crippen molar-refractivity contribution in [3.63, 3.8) is 0 Å². The number of ketones is 1. The van der Waals surface area contributed by atoms with Crippen molar-refractivity contribution < 1.29 is 9.53 Å². The van der Waals surface area contributed by atoms with Gasteiger partial charge in [0.15, 0.2) is 5.78 Å². The average Bonchev–Trinajstić information content (AvgIpc) is 2.64. The number of aromatic nitrogens is 1. The molecule has 1 heterocycles. The molecule has 0 bridgehead atoms. The highest BCUT2D eigenvalue weighted by atomic mass is 35.5. The van der Waals surface area contributed by atoms with Gasteiger partial charge in [-0.25, -0.2) is 4.98 Å². The van der Waals surface area contributed by atoms with Gasteiger partial charge in [-0.15, -0.1) is 0 Å². The Balaban J connectivity index is 1.83. The van der Waals surface area contributed by atoms with Crippen LogP contribution in [0.3, 0.4) is 0 Å². The monoisotopic (exact) mass is 352 g/mol. The normalized spacial score (nSPS) is 14.5. The molecule has 3 nitrogen and oxygen atoms in total. The van der Waals surface area contributed by atoms with Crippen molar-refractivity contribution in [2.24, 2.45) is 0 Å². The van der Waals surface area contributed by atoms with Crippen molar-refractivity contribution in [3.05, 3.63) is 82.9 Å². The molecule has 0 atom stereocenters. The zero-order chi connectivity index (χ0) is 17.8. The molecule has 0 aliphatic heterocycles. The van der Waals surface area contributed by atoms with Crippen LogP contribution >= 0.6 is 11.6 Å². The summed E-state index contributed by atoms with van der Waals surface area (Å²) in [5.74, 6) is 0.612. The van der Waals surface area contributed by atoms with Crippen LogP contribution in [0.2, 0.25) is 5.02 Å². The molecule has 0 saturated heterocycles. The number of rotatable bonds is 5. The molecule has 1 aliphatic rings. The fraction of sp³-hybridized carbons (Fsp3) is 0.190. The highest BCUT2D eigenvalue weighted by Crippen LogP contribution is 2.31. The second-order valence-corrected chi connectivity index (χ2v) is 6.36. The van der Waals surface area contributed by atoms with Crippen molar-refractivity contribution in [1.82, 2.24) is 4.98 Å². The van der Waals surface area contributed by atoms with Crippen LogP contribution in [0.1, 0.15) is 24.0 Å². The van der Waals surface area contributed by atoms with Crippen LogP contribution in [-0.4, -0.2) is 17.9 Å². The number of allylic oxidation sites excluding steroid dienone is 4. The van der Waals surface area contributed by atoms with Gasteiger partial charge in [-0.1, -0.05) is 35.9 Å². The number of hydrogen-bond donors (Lipinski definition) is 0. The van der Waals surface area contributed by atoms with E-state index in [1.165, 1.54) is 0 Å². The molecule has 1 aliphatic carbocycles. The molecule has 0 unspecified atom stereocenters. The van der Waals surface area contributed by atoms with Gasteiger partial charge in [-0.3, -0.25) is 4.79 Å². The van der Waals surface area contributed by atoms with Crippen molar-refractivity contribution in [2.45, 2.75) is 19.3 Å². The Morgan fingerprint density at radius 1 is 1.20 bits per heavy atom. The maximum absolute atomic E-state index is 12.4. The van der Waals surface area contributed by atoms with Gasteiger partial charge in [0.2, 0.25) is 5.88 Å². The van der Waals surface area contributed by atoms with Gasteiger partial charge < -0.3 is 4.74 Å². The van der Waals surface area contributed by atoms with Crippen molar-refractivity contribution >= 4 is 23.0 Å². The zero-order valence-electron chi connectivity index (χ0n) is 14.1. The number of pyridine rings is 1. The van der Waals surface area contributed by atoms with Crippen LogP contribution in [0.15, 0.2) is 59.8 Å². The van der Waals surface area contributed by atoms with E-state index in [1.807, 2.05) is 30.3 Å². The first-order valence-electron chi connectivity index (χ1n) is 8.11. The molecule has 25 heavy (non-hydrogen) atoms. The lowest BCUT2D eigenvalue weighted by atomic mass is 9.86. The highest BCUT2D eigenvalue weighted by molar-refractivity contribution is 6.31. The summed E-state index contributed by atoms with van der Waals surface area (Å²) in [6.45, 7) is 3.97. The number of carbonyl (C=O) groups excluding carboxylic acids is 1. The highest BCUT2D eigenvalue weighted by Gasteiger charge is 2.19. The van der Waals surface area contributed by atoms with Crippen molar-refractivity contribution in [2.75, 3.05) is 7.11 Å². The summed E-state index contributed by atoms with van der Waals surface area (Å²) in [6, 6.07) is 11.5. The van der Waals surface area contributed by atoms with E-state index >= 15 is 0 Å². The number of ether oxygens (including phenoxy) is 1. The maximum Gasteiger partial charge on any atom is 0.212 e. The Morgan fingerprint density at radius 2 is 2.00 bits per heavy atom. The van der Waals surface area contributed by atoms with E-state index in [9.17, 15) is 4.79 Å². The summed E-state index contributed by atoms with van der Waals surface area (Å²) in [7, 11) is 1.58. The van der Waals surface area contributed by atoms with Crippen LogP contribution < -0.4 is 4.74 Å². The summed E-state index contributed by atoms with van der Waals surface area (Å²) in [4.78, 5) is 16.6. The lowest BCUT2D eigenvalue weighted by molar-refractivity contribution is -0.114. The third kappa shape index (κ3) is 3.99. The Bertz CT molecular complexity index is 850. The number of hydrogen-bond acceptors (Lipinski definition) is 3. The lowest BCUT2D eigenvalue weighted by Crippen LogP contribution is -2.10. The number of nitrogens with zero attached hydrogens (tertiary/aromatic N) is 1. The first-order valence-corrected chi connectivity index (χ1v) is 8.49. The second-order valence-electron chi connectivity index (χ2n) is 5.95. The summed E-state index contributed by atoms with van der Waals surface area (Å²) >= 11 is 6.23. The molecule has 1 aromatic heterocycles. The van der Waals surface area contributed by atoms with E-state index in [0.717, 1.165) is 40.1 Å². The number of methoxy groups -OCH3 is 1. The maximum atomic E-state index is 12.4. The van der Waals surface area contributed by atoms with E-state index in [-0.39, 0.29) is 5.78 Å². The predicted molar refractivity (Wildman–Crippen MR) is 101 cm³/mol. The summed E-state index contributed by atoms with van der Waals surface area (Å²) in [5, 5.41) is 0.749. The minimum Gasteiger partial charge on any atom is -0.481 e. The van der Waals surface area contributed by atoms with E-state index < -0.39 is 0 Å². The van der Waals surface area contributed by atoms with Crippen LogP contribution in [-0.2, 0) is 11.2 Å². The number of halogens is 1. The van der Waals surface area contributed by atoms with Crippen LogP contribution in [0.4, 0.5) is 0 Å². The van der Waals surface area contributed by atoms with Crippen LogP contribution in [0.25, 0.3) is 5.57 Å². The molecule has 2 aromatic rings. The Morgan fingerprint density at radius 3 is 2.68 bits per heavy atom. The first kappa shape index (κ1) is 17.4. The quantitative estimate of drug-likeness (QED) is 0.771. The molecule has 1 aromatic carbocycles.